The number of hydrogen-bond acceptors (Lipinski definition) is 3. The number of aromatic nitrogens is 2. The molecule has 0 atom stereocenters. The van der Waals surface area contributed by atoms with Crippen LogP contribution in [-0.2, 0) is 6.54 Å². The van der Waals surface area contributed by atoms with Crippen molar-refractivity contribution < 1.29 is 9.53 Å². The number of carbonyl (C=O) groups is 1. The van der Waals surface area contributed by atoms with Crippen molar-refractivity contribution in [3.8, 4) is 17.0 Å². The summed E-state index contributed by atoms with van der Waals surface area (Å²) in [6.45, 7) is 1.85. The number of para-hydroxylation sites is 1. The van der Waals surface area contributed by atoms with Gasteiger partial charge in [0.15, 0.2) is 0 Å². The molecule has 0 unspecified atom stereocenters. The third-order valence-corrected chi connectivity index (χ3v) is 6.18. The Morgan fingerprint density at radius 3 is 2.35 bits per heavy atom. The topological polar surface area (TPSA) is 47.4 Å². The molecule has 1 aromatic heterocycles. The summed E-state index contributed by atoms with van der Waals surface area (Å²) >= 11 is 0. The molecular weight excluding hydrogens is 422 g/mol. The number of ether oxygens (including phenoxy) is 1. The summed E-state index contributed by atoms with van der Waals surface area (Å²) in [6.07, 6.45) is 4.86. The number of carbonyl (C=O) groups excluding carboxylic acids is 1. The number of amides is 1. The molecule has 3 aromatic carbocycles. The minimum absolute atomic E-state index is 0.0106. The molecule has 4 aromatic rings. The van der Waals surface area contributed by atoms with Crippen molar-refractivity contribution in [2.24, 2.45) is 0 Å². The quantitative estimate of drug-likeness (QED) is 0.388. The lowest BCUT2D eigenvalue weighted by Gasteiger charge is -2.26. The lowest BCUT2D eigenvalue weighted by atomic mass is 9.99. The summed E-state index contributed by atoms with van der Waals surface area (Å²) in [5.74, 6) is 0.690. The van der Waals surface area contributed by atoms with E-state index in [0.717, 1.165) is 17.5 Å². The van der Waals surface area contributed by atoms with Crippen LogP contribution in [0.15, 0.2) is 97.2 Å². The van der Waals surface area contributed by atoms with E-state index >= 15 is 0 Å². The predicted molar refractivity (Wildman–Crippen MR) is 135 cm³/mol. The molecule has 0 fully saturated rings. The van der Waals surface area contributed by atoms with Crippen molar-refractivity contribution in [3.05, 3.63) is 114 Å². The van der Waals surface area contributed by atoms with E-state index in [9.17, 15) is 4.79 Å². The van der Waals surface area contributed by atoms with Crippen LogP contribution in [0.1, 0.15) is 27.9 Å². The molecule has 170 valence electrons. The molecule has 0 radical (unpaired) electrons. The molecule has 0 saturated carbocycles. The van der Waals surface area contributed by atoms with Crippen molar-refractivity contribution in [1.82, 2.24) is 14.7 Å². The van der Waals surface area contributed by atoms with E-state index in [1.807, 2.05) is 76.4 Å². The Kier molecular flexibility index (Phi) is 6.25. The standard InChI is InChI=1S/C29H27N3O2/c1-34-27-15-9-8-14-25(27)28-26(21-32(30-28)20-22-10-4-2-5-11-22)29(33)31-18-16-24(17-19-31)23-12-6-3-7-13-23/h2-16,21H,17-20H2,1H3. The number of hydrogen-bond donors (Lipinski definition) is 0. The summed E-state index contributed by atoms with van der Waals surface area (Å²) in [5.41, 5.74) is 5.70. The molecule has 1 amide bonds. The molecule has 1 aliphatic rings. The van der Waals surface area contributed by atoms with Crippen molar-refractivity contribution in [3.63, 3.8) is 0 Å². The fourth-order valence-corrected chi connectivity index (χ4v) is 4.41. The van der Waals surface area contributed by atoms with E-state index in [-0.39, 0.29) is 5.91 Å². The molecule has 0 saturated heterocycles. The van der Waals surface area contributed by atoms with E-state index < -0.39 is 0 Å². The molecule has 0 spiro atoms. The Labute approximate surface area is 199 Å². The smallest absolute Gasteiger partial charge is 0.257 e. The zero-order chi connectivity index (χ0) is 23.3. The predicted octanol–water partition coefficient (Wildman–Crippen LogP) is 5.54. The molecule has 0 N–H and O–H groups in total. The Morgan fingerprint density at radius 1 is 0.941 bits per heavy atom. The van der Waals surface area contributed by atoms with Crippen LogP contribution >= 0.6 is 0 Å². The molecule has 34 heavy (non-hydrogen) atoms. The average Bonchev–Trinajstić information content (AvgIpc) is 3.33. The van der Waals surface area contributed by atoms with Gasteiger partial charge < -0.3 is 9.64 Å². The Bertz CT molecular complexity index is 1310. The minimum atomic E-state index is -0.0106. The van der Waals surface area contributed by atoms with Gasteiger partial charge in [-0.05, 0) is 35.3 Å². The van der Waals surface area contributed by atoms with Crippen LogP contribution in [0.25, 0.3) is 16.8 Å². The van der Waals surface area contributed by atoms with Crippen LogP contribution < -0.4 is 4.74 Å². The molecule has 0 aliphatic carbocycles. The monoisotopic (exact) mass is 449 g/mol. The van der Waals surface area contributed by atoms with Crippen molar-refractivity contribution in [2.75, 3.05) is 20.2 Å². The summed E-state index contributed by atoms with van der Waals surface area (Å²) in [5, 5.41) is 4.84. The minimum Gasteiger partial charge on any atom is -0.496 e. The Balaban J connectivity index is 1.47. The van der Waals surface area contributed by atoms with Gasteiger partial charge in [0.25, 0.3) is 5.91 Å². The lowest BCUT2D eigenvalue weighted by Crippen LogP contribution is -2.34. The molecule has 5 rings (SSSR count). The van der Waals surface area contributed by atoms with Gasteiger partial charge in [-0.2, -0.15) is 5.10 Å². The Morgan fingerprint density at radius 2 is 1.65 bits per heavy atom. The van der Waals surface area contributed by atoms with Crippen molar-refractivity contribution in [1.29, 1.82) is 0 Å². The number of benzene rings is 3. The van der Waals surface area contributed by atoms with Gasteiger partial charge in [0, 0.05) is 24.8 Å². The summed E-state index contributed by atoms with van der Waals surface area (Å²) in [7, 11) is 1.64. The van der Waals surface area contributed by atoms with Gasteiger partial charge in [-0.25, -0.2) is 0 Å². The number of methoxy groups -OCH3 is 1. The Hall–Kier alpha value is -4.12. The molecular formula is C29H27N3O2. The van der Waals surface area contributed by atoms with Gasteiger partial charge in [-0.3, -0.25) is 9.48 Å². The van der Waals surface area contributed by atoms with Crippen molar-refractivity contribution in [2.45, 2.75) is 13.0 Å². The van der Waals surface area contributed by atoms with Gasteiger partial charge in [-0.1, -0.05) is 78.9 Å². The van der Waals surface area contributed by atoms with E-state index in [0.29, 0.717) is 36.6 Å². The maximum atomic E-state index is 13.7. The highest BCUT2D eigenvalue weighted by Crippen LogP contribution is 2.32. The second-order valence-electron chi connectivity index (χ2n) is 8.37. The molecule has 0 bridgehead atoms. The second kappa shape index (κ2) is 9.79. The first-order valence-electron chi connectivity index (χ1n) is 11.5. The molecule has 2 heterocycles. The first-order valence-corrected chi connectivity index (χ1v) is 11.5. The largest absolute Gasteiger partial charge is 0.496 e. The summed E-state index contributed by atoms with van der Waals surface area (Å²) < 4.78 is 7.43. The van der Waals surface area contributed by atoms with Gasteiger partial charge >= 0.3 is 0 Å². The molecule has 5 nitrogen and oxygen atoms in total. The maximum absolute atomic E-state index is 13.7. The van der Waals surface area contributed by atoms with Crippen LogP contribution in [0, 0.1) is 0 Å². The fraction of sp³-hybridized carbons (Fsp3) is 0.172. The van der Waals surface area contributed by atoms with Gasteiger partial charge in [0.1, 0.15) is 11.4 Å². The zero-order valence-electron chi connectivity index (χ0n) is 19.2. The van der Waals surface area contributed by atoms with E-state index in [4.69, 9.17) is 9.84 Å². The summed E-state index contributed by atoms with van der Waals surface area (Å²) in [6, 6.07) is 28.2. The fourth-order valence-electron chi connectivity index (χ4n) is 4.41. The van der Waals surface area contributed by atoms with Crippen LogP contribution in [0.4, 0.5) is 0 Å². The van der Waals surface area contributed by atoms with E-state index in [2.05, 4.69) is 30.3 Å². The highest BCUT2D eigenvalue weighted by Gasteiger charge is 2.26. The van der Waals surface area contributed by atoms with E-state index in [1.54, 1.807) is 7.11 Å². The van der Waals surface area contributed by atoms with Crippen LogP contribution in [0.3, 0.4) is 0 Å². The van der Waals surface area contributed by atoms with Crippen molar-refractivity contribution >= 4 is 11.5 Å². The highest BCUT2D eigenvalue weighted by molar-refractivity contribution is 6.00. The average molecular weight is 450 g/mol. The van der Waals surface area contributed by atoms with Gasteiger partial charge in [0.05, 0.1) is 19.2 Å². The second-order valence-corrected chi connectivity index (χ2v) is 8.37. The number of nitrogens with zero attached hydrogens (tertiary/aromatic N) is 3. The van der Waals surface area contributed by atoms with Gasteiger partial charge in [-0.15, -0.1) is 0 Å². The SMILES string of the molecule is COc1ccccc1-c1nn(Cc2ccccc2)cc1C(=O)N1CC=C(c2ccccc2)CC1. The van der Waals surface area contributed by atoms with Crippen LogP contribution in [0.2, 0.25) is 0 Å². The lowest BCUT2D eigenvalue weighted by molar-refractivity contribution is 0.0773. The maximum Gasteiger partial charge on any atom is 0.257 e. The third kappa shape index (κ3) is 4.50. The van der Waals surface area contributed by atoms with Gasteiger partial charge in [0.2, 0.25) is 0 Å². The van der Waals surface area contributed by atoms with Crippen LogP contribution in [0.5, 0.6) is 5.75 Å². The molecule has 5 heteroatoms. The summed E-state index contributed by atoms with van der Waals surface area (Å²) in [4.78, 5) is 15.6. The first kappa shape index (κ1) is 21.7. The first-order chi connectivity index (χ1) is 16.7. The third-order valence-electron chi connectivity index (χ3n) is 6.18. The van der Waals surface area contributed by atoms with Crippen LogP contribution in [-0.4, -0.2) is 40.8 Å². The number of rotatable bonds is 6. The molecule has 1 aliphatic heterocycles. The normalized spacial score (nSPS) is 13.4. The zero-order valence-corrected chi connectivity index (χ0v) is 19.2. The highest BCUT2D eigenvalue weighted by atomic mass is 16.5. The van der Waals surface area contributed by atoms with E-state index in [1.165, 1.54) is 11.1 Å².